The molecule has 0 unspecified atom stereocenters. The summed E-state index contributed by atoms with van der Waals surface area (Å²) in [5, 5.41) is 7.23. The van der Waals surface area contributed by atoms with E-state index in [0.717, 1.165) is 5.56 Å². The molecule has 0 aliphatic heterocycles. The maximum absolute atomic E-state index is 12.2. The summed E-state index contributed by atoms with van der Waals surface area (Å²) in [5.74, 6) is -0.610. The van der Waals surface area contributed by atoms with Crippen molar-refractivity contribution in [3.8, 4) is 0 Å². The Bertz CT molecular complexity index is 956. The van der Waals surface area contributed by atoms with E-state index >= 15 is 0 Å². The highest BCUT2D eigenvalue weighted by Gasteiger charge is 2.08. The molecule has 0 atom stereocenters. The third-order valence-corrected chi connectivity index (χ3v) is 3.85. The first kappa shape index (κ1) is 18.3. The molecule has 1 heterocycles. The number of amides is 2. The zero-order valence-corrected chi connectivity index (χ0v) is 14.9. The number of anilines is 1. The number of benzene rings is 2. The molecule has 7 heteroatoms. The van der Waals surface area contributed by atoms with Gasteiger partial charge in [0.15, 0.2) is 0 Å². The highest BCUT2D eigenvalue weighted by Crippen LogP contribution is 2.13. The van der Waals surface area contributed by atoms with Gasteiger partial charge in [-0.1, -0.05) is 11.6 Å². The van der Waals surface area contributed by atoms with Gasteiger partial charge in [0.1, 0.15) is 0 Å². The summed E-state index contributed by atoms with van der Waals surface area (Å²) in [6.45, 7) is 0. The Morgan fingerprint density at radius 2 is 1.44 bits per heavy atom. The molecule has 134 valence electrons. The van der Waals surface area contributed by atoms with Crippen LogP contribution in [-0.2, 0) is 0 Å². The zero-order chi connectivity index (χ0) is 19.1. The zero-order valence-electron chi connectivity index (χ0n) is 14.1. The first-order chi connectivity index (χ1) is 13.1. The third-order valence-electron chi connectivity index (χ3n) is 3.60. The number of halogens is 1. The van der Waals surface area contributed by atoms with E-state index < -0.39 is 0 Å². The van der Waals surface area contributed by atoms with Gasteiger partial charge < -0.3 is 5.32 Å². The van der Waals surface area contributed by atoms with Crippen LogP contribution >= 0.6 is 11.6 Å². The summed E-state index contributed by atoms with van der Waals surface area (Å²) in [6, 6.07) is 16.6. The van der Waals surface area contributed by atoms with Gasteiger partial charge in [0.25, 0.3) is 11.8 Å². The molecule has 0 bridgehead atoms. The van der Waals surface area contributed by atoms with E-state index in [0.29, 0.717) is 21.8 Å². The van der Waals surface area contributed by atoms with Crippen molar-refractivity contribution >= 4 is 35.3 Å². The standard InChI is InChI=1S/C20H15ClN4O2/c21-17-5-1-15(2-6-17)19(26)24-18-7-3-16(4-8-18)20(27)25-23-13-14-9-11-22-12-10-14/h1-13H,(H,24,26)(H,25,27)/b23-13-. The molecule has 3 rings (SSSR count). The van der Waals surface area contributed by atoms with Gasteiger partial charge in [0.05, 0.1) is 6.21 Å². The van der Waals surface area contributed by atoms with Gasteiger partial charge in [-0.3, -0.25) is 14.6 Å². The van der Waals surface area contributed by atoms with Crippen molar-refractivity contribution < 1.29 is 9.59 Å². The topological polar surface area (TPSA) is 83.4 Å². The second-order valence-corrected chi connectivity index (χ2v) is 5.95. The fourth-order valence-electron chi connectivity index (χ4n) is 2.19. The number of pyridine rings is 1. The van der Waals surface area contributed by atoms with Crippen molar-refractivity contribution in [1.29, 1.82) is 0 Å². The van der Waals surface area contributed by atoms with Crippen LogP contribution in [0.4, 0.5) is 5.69 Å². The highest BCUT2D eigenvalue weighted by atomic mass is 35.5. The summed E-state index contributed by atoms with van der Waals surface area (Å²) in [7, 11) is 0. The summed E-state index contributed by atoms with van der Waals surface area (Å²) in [6.07, 6.45) is 4.81. The number of aromatic nitrogens is 1. The lowest BCUT2D eigenvalue weighted by molar-refractivity contribution is 0.0954. The van der Waals surface area contributed by atoms with Crippen molar-refractivity contribution in [2.24, 2.45) is 5.10 Å². The minimum atomic E-state index is -0.351. The maximum atomic E-state index is 12.2. The van der Waals surface area contributed by atoms with E-state index in [-0.39, 0.29) is 11.8 Å². The van der Waals surface area contributed by atoms with Crippen LogP contribution in [-0.4, -0.2) is 23.0 Å². The van der Waals surface area contributed by atoms with Gasteiger partial charge in [-0.2, -0.15) is 5.10 Å². The van der Waals surface area contributed by atoms with Crippen molar-refractivity contribution in [1.82, 2.24) is 10.4 Å². The van der Waals surface area contributed by atoms with E-state index in [1.165, 1.54) is 6.21 Å². The Balaban J connectivity index is 1.57. The number of carbonyl (C=O) groups excluding carboxylic acids is 2. The molecule has 0 saturated heterocycles. The molecule has 2 aromatic carbocycles. The van der Waals surface area contributed by atoms with Gasteiger partial charge in [-0.05, 0) is 66.2 Å². The van der Waals surface area contributed by atoms with Crippen LogP contribution < -0.4 is 10.7 Å². The quantitative estimate of drug-likeness (QED) is 0.524. The summed E-state index contributed by atoms with van der Waals surface area (Å²) in [4.78, 5) is 28.2. The molecule has 2 amide bonds. The lowest BCUT2D eigenvalue weighted by Gasteiger charge is -2.06. The van der Waals surface area contributed by atoms with E-state index in [9.17, 15) is 9.59 Å². The van der Waals surface area contributed by atoms with Gasteiger partial charge in [-0.25, -0.2) is 5.43 Å². The number of nitrogens with zero attached hydrogens (tertiary/aromatic N) is 2. The van der Waals surface area contributed by atoms with Crippen molar-refractivity contribution in [2.45, 2.75) is 0 Å². The van der Waals surface area contributed by atoms with Crippen molar-refractivity contribution in [3.05, 3.63) is 94.8 Å². The fraction of sp³-hybridized carbons (Fsp3) is 0. The summed E-state index contributed by atoms with van der Waals surface area (Å²) in [5.41, 5.74) is 4.76. The van der Waals surface area contributed by atoms with Crippen LogP contribution in [0, 0.1) is 0 Å². The van der Waals surface area contributed by atoms with Crippen LogP contribution in [0.25, 0.3) is 0 Å². The van der Waals surface area contributed by atoms with Crippen LogP contribution in [0.15, 0.2) is 78.2 Å². The maximum Gasteiger partial charge on any atom is 0.271 e. The minimum Gasteiger partial charge on any atom is -0.322 e. The van der Waals surface area contributed by atoms with Crippen LogP contribution in [0.2, 0.25) is 5.02 Å². The normalized spacial score (nSPS) is 10.6. The molecule has 27 heavy (non-hydrogen) atoms. The first-order valence-corrected chi connectivity index (χ1v) is 8.40. The van der Waals surface area contributed by atoms with Gasteiger partial charge in [0, 0.05) is 34.2 Å². The summed E-state index contributed by atoms with van der Waals surface area (Å²) >= 11 is 5.81. The molecule has 0 aliphatic rings. The number of hydrazone groups is 1. The average Bonchev–Trinajstić information content (AvgIpc) is 2.70. The van der Waals surface area contributed by atoms with E-state index in [4.69, 9.17) is 11.6 Å². The highest BCUT2D eigenvalue weighted by molar-refractivity contribution is 6.30. The Morgan fingerprint density at radius 1 is 0.852 bits per heavy atom. The Labute approximate surface area is 160 Å². The lowest BCUT2D eigenvalue weighted by atomic mass is 10.1. The van der Waals surface area contributed by atoms with Crippen LogP contribution in [0.1, 0.15) is 26.3 Å². The third kappa shape index (κ3) is 5.23. The number of nitrogens with one attached hydrogen (secondary N) is 2. The molecule has 0 aliphatic carbocycles. The van der Waals surface area contributed by atoms with Gasteiger partial charge >= 0.3 is 0 Å². The second kappa shape index (κ2) is 8.73. The Kier molecular flexibility index (Phi) is 5.91. The van der Waals surface area contributed by atoms with Crippen molar-refractivity contribution in [2.75, 3.05) is 5.32 Å². The smallest absolute Gasteiger partial charge is 0.271 e. The monoisotopic (exact) mass is 378 g/mol. The molecule has 0 saturated carbocycles. The molecule has 3 aromatic rings. The molecule has 0 radical (unpaired) electrons. The fourth-order valence-corrected chi connectivity index (χ4v) is 2.31. The number of hydrogen-bond donors (Lipinski definition) is 2. The number of hydrogen-bond acceptors (Lipinski definition) is 4. The first-order valence-electron chi connectivity index (χ1n) is 8.02. The predicted octanol–water partition coefficient (Wildman–Crippen LogP) is 3.75. The van der Waals surface area contributed by atoms with Gasteiger partial charge in [-0.15, -0.1) is 0 Å². The Morgan fingerprint density at radius 3 is 2.11 bits per heavy atom. The minimum absolute atomic E-state index is 0.259. The molecular weight excluding hydrogens is 364 g/mol. The molecular formula is C20H15ClN4O2. The van der Waals surface area contributed by atoms with Crippen molar-refractivity contribution in [3.63, 3.8) is 0 Å². The largest absolute Gasteiger partial charge is 0.322 e. The van der Waals surface area contributed by atoms with E-state index in [2.05, 4.69) is 20.8 Å². The van der Waals surface area contributed by atoms with E-state index in [1.807, 2.05) is 0 Å². The molecule has 0 fully saturated rings. The lowest BCUT2D eigenvalue weighted by Crippen LogP contribution is -2.17. The number of carbonyl (C=O) groups is 2. The second-order valence-electron chi connectivity index (χ2n) is 5.52. The van der Waals surface area contributed by atoms with E-state index in [1.54, 1.807) is 73.1 Å². The van der Waals surface area contributed by atoms with Crippen LogP contribution in [0.5, 0.6) is 0 Å². The summed E-state index contributed by atoms with van der Waals surface area (Å²) < 4.78 is 0. The van der Waals surface area contributed by atoms with Crippen LogP contribution in [0.3, 0.4) is 0 Å². The number of rotatable bonds is 5. The Hall–Kier alpha value is -3.51. The van der Waals surface area contributed by atoms with Gasteiger partial charge in [0.2, 0.25) is 0 Å². The predicted molar refractivity (Wildman–Crippen MR) is 105 cm³/mol. The molecule has 0 spiro atoms. The SMILES string of the molecule is O=C(N/N=C\c1ccncc1)c1ccc(NC(=O)c2ccc(Cl)cc2)cc1. The average molecular weight is 379 g/mol. The molecule has 2 N–H and O–H groups in total. The molecule has 6 nitrogen and oxygen atoms in total. The molecule has 1 aromatic heterocycles.